The van der Waals surface area contributed by atoms with E-state index in [0.717, 1.165) is 44.5 Å². The van der Waals surface area contributed by atoms with Crippen LogP contribution in [0.2, 0.25) is 0 Å². The summed E-state index contributed by atoms with van der Waals surface area (Å²) in [6.45, 7) is 7.31. The number of likely N-dealkylation sites (tertiary alicyclic amines) is 1. The third kappa shape index (κ3) is 6.98. The molecule has 1 unspecified atom stereocenters. The van der Waals surface area contributed by atoms with Crippen molar-refractivity contribution in [3.8, 4) is 0 Å². The van der Waals surface area contributed by atoms with Gasteiger partial charge in [0.15, 0.2) is 5.96 Å². The van der Waals surface area contributed by atoms with Gasteiger partial charge in [0.1, 0.15) is 0 Å². The summed E-state index contributed by atoms with van der Waals surface area (Å²) in [5, 5.41) is 7.01. The Hall–Kier alpha value is -0.130. The molecule has 0 aromatic carbocycles. The van der Waals surface area contributed by atoms with Gasteiger partial charge in [-0.1, -0.05) is 12.8 Å². The minimum atomic E-state index is -3.05. The molecule has 164 valence electrons. The van der Waals surface area contributed by atoms with Gasteiger partial charge in [-0.3, -0.25) is 9.89 Å². The van der Waals surface area contributed by atoms with E-state index in [4.69, 9.17) is 4.99 Å². The van der Waals surface area contributed by atoms with Crippen molar-refractivity contribution >= 4 is 40.0 Å². The average molecular weight is 528 g/mol. The maximum atomic E-state index is 11.6. The van der Waals surface area contributed by atoms with Crippen LogP contribution in [0, 0.1) is 5.92 Å². The summed E-state index contributed by atoms with van der Waals surface area (Å²) in [6, 6.07) is 1.28. The minimum absolute atomic E-state index is 0. The number of halogens is 1. The van der Waals surface area contributed by atoms with Crippen molar-refractivity contribution in [2.75, 3.05) is 45.5 Å². The highest BCUT2D eigenvalue weighted by Gasteiger charge is 2.30. The van der Waals surface area contributed by atoms with E-state index >= 15 is 0 Å². The highest BCUT2D eigenvalue weighted by atomic mass is 127. The lowest BCUT2D eigenvalue weighted by Crippen LogP contribution is -2.45. The predicted molar refractivity (Wildman–Crippen MR) is 126 cm³/mol. The molecular weight excluding hydrogens is 489 g/mol. The summed E-state index contributed by atoms with van der Waals surface area (Å²) in [5.41, 5.74) is 0. The quantitative estimate of drug-likeness (QED) is 0.313. The summed E-state index contributed by atoms with van der Waals surface area (Å²) < 4.78 is 24.9. The van der Waals surface area contributed by atoms with Gasteiger partial charge in [0.05, 0.1) is 6.26 Å². The van der Waals surface area contributed by atoms with Crippen LogP contribution in [-0.4, -0.2) is 81.2 Å². The summed E-state index contributed by atoms with van der Waals surface area (Å²) in [5.74, 6) is 1.39. The fourth-order valence-corrected chi connectivity index (χ4v) is 5.54. The Kier molecular flexibility index (Phi) is 9.75. The Morgan fingerprint density at radius 1 is 1.07 bits per heavy atom. The van der Waals surface area contributed by atoms with E-state index in [-0.39, 0.29) is 24.0 Å². The first kappa shape index (κ1) is 24.1. The van der Waals surface area contributed by atoms with Gasteiger partial charge in [-0.05, 0) is 44.9 Å². The standard InChI is InChI=1S/C19H37N5O2S.HI/c1-3-20-19(21-14-16-8-12-24(13-9-16)27(2,25)26)22-17-10-11-23(15-17)18-6-4-5-7-18;/h16-18H,3-15H2,1-2H3,(H2,20,21,22);1H. The summed E-state index contributed by atoms with van der Waals surface area (Å²) in [4.78, 5) is 7.48. The molecule has 0 bridgehead atoms. The van der Waals surface area contributed by atoms with Gasteiger partial charge in [0.25, 0.3) is 0 Å². The minimum Gasteiger partial charge on any atom is -0.357 e. The molecule has 2 heterocycles. The van der Waals surface area contributed by atoms with Crippen LogP contribution < -0.4 is 10.6 Å². The van der Waals surface area contributed by atoms with Gasteiger partial charge in [-0.25, -0.2) is 12.7 Å². The van der Waals surface area contributed by atoms with Crippen LogP contribution in [0.15, 0.2) is 4.99 Å². The van der Waals surface area contributed by atoms with Crippen molar-refractivity contribution in [2.24, 2.45) is 10.9 Å². The first-order valence-electron chi connectivity index (χ1n) is 10.7. The van der Waals surface area contributed by atoms with E-state index in [1.807, 2.05) is 0 Å². The Labute approximate surface area is 188 Å². The molecule has 9 heteroatoms. The highest BCUT2D eigenvalue weighted by molar-refractivity contribution is 14.0. The first-order valence-corrected chi connectivity index (χ1v) is 12.5. The molecule has 1 saturated carbocycles. The van der Waals surface area contributed by atoms with Crippen LogP contribution in [0.25, 0.3) is 0 Å². The van der Waals surface area contributed by atoms with Crippen molar-refractivity contribution in [3.05, 3.63) is 0 Å². The van der Waals surface area contributed by atoms with E-state index < -0.39 is 10.0 Å². The van der Waals surface area contributed by atoms with Gasteiger partial charge in [-0.2, -0.15) is 0 Å². The molecule has 3 rings (SSSR count). The molecule has 2 saturated heterocycles. The van der Waals surface area contributed by atoms with Crippen LogP contribution >= 0.6 is 24.0 Å². The molecule has 1 aliphatic carbocycles. The second kappa shape index (κ2) is 11.3. The zero-order valence-electron chi connectivity index (χ0n) is 17.4. The fraction of sp³-hybridized carbons (Fsp3) is 0.947. The highest BCUT2D eigenvalue weighted by Crippen LogP contribution is 2.26. The second-order valence-electron chi connectivity index (χ2n) is 8.39. The molecule has 3 aliphatic rings. The largest absolute Gasteiger partial charge is 0.357 e. The molecule has 2 aliphatic heterocycles. The monoisotopic (exact) mass is 527 g/mol. The van der Waals surface area contributed by atoms with Crippen molar-refractivity contribution in [2.45, 2.75) is 64.0 Å². The van der Waals surface area contributed by atoms with E-state index in [9.17, 15) is 8.42 Å². The molecule has 3 fully saturated rings. The number of rotatable bonds is 6. The van der Waals surface area contributed by atoms with Crippen molar-refractivity contribution in [3.63, 3.8) is 0 Å². The van der Waals surface area contributed by atoms with Crippen LogP contribution in [0.1, 0.15) is 51.9 Å². The third-order valence-electron chi connectivity index (χ3n) is 6.30. The fourth-order valence-electron chi connectivity index (χ4n) is 4.66. The van der Waals surface area contributed by atoms with Crippen LogP contribution in [0.3, 0.4) is 0 Å². The summed E-state index contributed by atoms with van der Waals surface area (Å²) >= 11 is 0. The average Bonchev–Trinajstić information content (AvgIpc) is 3.31. The molecular formula is C19H38IN5O2S. The Morgan fingerprint density at radius 3 is 2.36 bits per heavy atom. The lowest BCUT2D eigenvalue weighted by molar-refractivity contribution is 0.242. The maximum absolute atomic E-state index is 11.6. The Balaban J connectivity index is 0.00000280. The summed E-state index contributed by atoms with van der Waals surface area (Å²) in [7, 11) is -3.05. The lowest BCUT2D eigenvalue weighted by Gasteiger charge is -2.29. The third-order valence-corrected chi connectivity index (χ3v) is 7.60. The van der Waals surface area contributed by atoms with Gasteiger partial charge in [0, 0.05) is 51.4 Å². The number of piperidine rings is 1. The number of nitrogens with zero attached hydrogens (tertiary/aromatic N) is 3. The van der Waals surface area contributed by atoms with E-state index in [0.29, 0.717) is 25.0 Å². The van der Waals surface area contributed by atoms with E-state index in [1.165, 1.54) is 44.9 Å². The van der Waals surface area contributed by atoms with Crippen molar-refractivity contribution in [1.29, 1.82) is 0 Å². The van der Waals surface area contributed by atoms with Gasteiger partial charge >= 0.3 is 0 Å². The number of sulfonamides is 1. The number of nitrogens with one attached hydrogen (secondary N) is 2. The molecule has 1 atom stereocenters. The zero-order chi connectivity index (χ0) is 19.3. The Morgan fingerprint density at radius 2 is 1.75 bits per heavy atom. The predicted octanol–water partition coefficient (Wildman–Crippen LogP) is 1.85. The van der Waals surface area contributed by atoms with Crippen LogP contribution in [0.4, 0.5) is 0 Å². The van der Waals surface area contributed by atoms with Crippen LogP contribution in [0.5, 0.6) is 0 Å². The second-order valence-corrected chi connectivity index (χ2v) is 10.4. The summed E-state index contributed by atoms with van der Waals surface area (Å²) in [6.07, 6.45) is 9.80. The van der Waals surface area contributed by atoms with Gasteiger partial charge in [0.2, 0.25) is 10.0 Å². The van der Waals surface area contributed by atoms with Crippen molar-refractivity contribution in [1.82, 2.24) is 19.8 Å². The smallest absolute Gasteiger partial charge is 0.211 e. The first-order chi connectivity index (χ1) is 13.0. The van der Waals surface area contributed by atoms with E-state index in [1.54, 1.807) is 4.31 Å². The number of hydrogen-bond acceptors (Lipinski definition) is 4. The zero-order valence-corrected chi connectivity index (χ0v) is 20.5. The molecule has 0 amide bonds. The number of aliphatic imine (C=N–C) groups is 1. The normalized spacial score (nSPS) is 26.4. The van der Waals surface area contributed by atoms with Crippen molar-refractivity contribution < 1.29 is 8.42 Å². The molecule has 0 aromatic rings. The number of guanidine groups is 1. The topological polar surface area (TPSA) is 77.0 Å². The maximum Gasteiger partial charge on any atom is 0.211 e. The van der Waals surface area contributed by atoms with Gasteiger partial charge < -0.3 is 10.6 Å². The molecule has 2 N–H and O–H groups in total. The Bertz CT molecular complexity index is 601. The van der Waals surface area contributed by atoms with Crippen LogP contribution in [-0.2, 0) is 10.0 Å². The molecule has 7 nitrogen and oxygen atoms in total. The van der Waals surface area contributed by atoms with E-state index in [2.05, 4.69) is 22.5 Å². The molecule has 0 spiro atoms. The molecule has 0 radical (unpaired) electrons. The number of hydrogen-bond donors (Lipinski definition) is 2. The van der Waals surface area contributed by atoms with Gasteiger partial charge in [-0.15, -0.1) is 24.0 Å². The lowest BCUT2D eigenvalue weighted by atomic mass is 9.98. The molecule has 28 heavy (non-hydrogen) atoms. The molecule has 0 aromatic heterocycles. The SMILES string of the molecule is CCNC(=NCC1CCN(S(C)(=O)=O)CC1)NC1CCN(C2CCCC2)C1.I.